The number of nitrogens with zero attached hydrogens (tertiary/aromatic N) is 3. The highest BCUT2D eigenvalue weighted by atomic mass is 16.1. The number of carbonyl (C=O) groups excluding carboxylic acids is 1. The first-order valence-corrected chi connectivity index (χ1v) is 7.23. The van der Waals surface area contributed by atoms with Crippen LogP contribution in [-0.2, 0) is 20.0 Å². The number of H-pyrrole nitrogens is 1. The van der Waals surface area contributed by atoms with Gasteiger partial charge in [0.1, 0.15) is 0 Å². The fraction of sp³-hybridized carbons (Fsp3) is 0.500. The monoisotopic (exact) mass is 288 g/mol. The normalized spacial score (nSPS) is 11.3. The summed E-state index contributed by atoms with van der Waals surface area (Å²) in [6.45, 7) is 7.50. The number of rotatable bonds is 6. The molecule has 0 radical (unpaired) electrons. The Labute approximate surface area is 126 Å². The molecule has 0 aliphatic rings. The van der Waals surface area contributed by atoms with E-state index in [4.69, 9.17) is 0 Å². The molecule has 2 rings (SSSR count). The molecule has 0 unspecified atom stereocenters. The predicted molar refractivity (Wildman–Crippen MR) is 83.5 cm³/mol. The van der Waals surface area contributed by atoms with Gasteiger partial charge in [0.2, 0.25) is 0 Å². The lowest BCUT2D eigenvalue weighted by molar-refractivity contribution is 0.101. The quantitative estimate of drug-likeness (QED) is 0.829. The van der Waals surface area contributed by atoms with Gasteiger partial charge in [0.05, 0.1) is 5.69 Å². The Balaban J connectivity index is 1.96. The van der Waals surface area contributed by atoms with Gasteiger partial charge in [0.15, 0.2) is 5.78 Å². The number of ketones is 1. The molecule has 1 N–H and O–H groups in total. The minimum atomic E-state index is 0.115. The average molecular weight is 288 g/mol. The summed E-state index contributed by atoms with van der Waals surface area (Å²) in [6, 6.07) is 1.98. The molecule has 0 amide bonds. The van der Waals surface area contributed by atoms with E-state index in [2.05, 4.69) is 29.1 Å². The number of aryl methyl sites for hydroxylation is 3. The highest BCUT2D eigenvalue weighted by Crippen LogP contribution is 2.13. The molecule has 0 bridgehead atoms. The highest BCUT2D eigenvalue weighted by molar-refractivity contribution is 5.94. The van der Waals surface area contributed by atoms with Crippen LogP contribution in [0.2, 0.25) is 0 Å². The van der Waals surface area contributed by atoms with Crippen molar-refractivity contribution in [3.63, 3.8) is 0 Å². The molecule has 0 atom stereocenters. The third kappa shape index (κ3) is 3.61. The van der Waals surface area contributed by atoms with Crippen molar-refractivity contribution in [2.45, 2.75) is 33.7 Å². The van der Waals surface area contributed by atoms with E-state index >= 15 is 0 Å². The van der Waals surface area contributed by atoms with Crippen molar-refractivity contribution in [2.75, 3.05) is 13.6 Å². The van der Waals surface area contributed by atoms with Gasteiger partial charge < -0.3 is 9.47 Å². The molecule has 0 spiro atoms. The Bertz CT molecular complexity index is 619. The molecule has 5 nitrogen and oxygen atoms in total. The van der Waals surface area contributed by atoms with E-state index < -0.39 is 0 Å². The Hall–Kier alpha value is -1.88. The third-order valence-electron chi connectivity index (χ3n) is 3.97. The number of hydrogen-bond donors (Lipinski definition) is 1. The minimum Gasteiger partial charge on any atom is -0.353 e. The Morgan fingerprint density at radius 1 is 1.43 bits per heavy atom. The van der Waals surface area contributed by atoms with Gasteiger partial charge in [-0.3, -0.25) is 9.89 Å². The molecule has 2 aromatic heterocycles. The third-order valence-corrected chi connectivity index (χ3v) is 3.97. The van der Waals surface area contributed by atoms with Gasteiger partial charge in [-0.25, -0.2) is 0 Å². The summed E-state index contributed by atoms with van der Waals surface area (Å²) in [6.07, 6.45) is 2.88. The van der Waals surface area contributed by atoms with Crippen LogP contribution in [0.1, 0.15) is 39.9 Å². The van der Waals surface area contributed by atoms with Crippen molar-refractivity contribution in [3.8, 4) is 0 Å². The minimum absolute atomic E-state index is 0.115. The summed E-state index contributed by atoms with van der Waals surface area (Å²) in [4.78, 5) is 13.7. The number of carbonyl (C=O) groups is 1. The van der Waals surface area contributed by atoms with Crippen LogP contribution in [0.3, 0.4) is 0 Å². The van der Waals surface area contributed by atoms with Gasteiger partial charge in [0.25, 0.3) is 0 Å². The maximum atomic E-state index is 11.4. The first kappa shape index (κ1) is 15.5. The molecule has 0 saturated carbocycles. The second kappa shape index (κ2) is 6.26. The zero-order chi connectivity index (χ0) is 15.6. The van der Waals surface area contributed by atoms with Gasteiger partial charge in [-0.05, 0) is 45.9 Å². The van der Waals surface area contributed by atoms with E-state index in [1.54, 1.807) is 6.92 Å². The summed E-state index contributed by atoms with van der Waals surface area (Å²) in [5, 5.41) is 7.25. The molecule has 0 aliphatic carbocycles. The SMILES string of the molecule is CC(=O)c1cc(CN(C)CCc2c(C)n[nH]c2C)n(C)c1. The number of nitrogens with one attached hydrogen (secondary N) is 1. The van der Waals surface area contributed by atoms with Crippen LogP contribution in [0.25, 0.3) is 0 Å². The van der Waals surface area contributed by atoms with Gasteiger partial charge in [-0.1, -0.05) is 0 Å². The summed E-state index contributed by atoms with van der Waals surface area (Å²) in [7, 11) is 4.09. The van der Waals surface area contributed by atoms with Crippen LogP contribution in [0.5, 0.6) is 0 Å². The predicted octanol–water partition coefficient (Wildman–Crippen LogP) is 2.24. The van der Waals surface area contributed by atoms with Crippen LogP contribution in [0.4, 0.5) is 0 Å². The number of aromatic nitrogens is 3. The second-order valence-electron chi connectivity index (χ2n) is 5.79. The largest absolute Gasteiger partial charge is 0.353 e. The molecule has 0 fully saturated rings. The van der Waals surface area contributed by atoms with Crippen molar-refractivity contribution in [1.29, 1.82) is 0 Å². The summed E-state index contributed by atoms with van der Waals surface area (Å²) >= 11 is 0. The van der Waals surface area contributed by atoms with Gasteiger partial charge in [-0.15, -0.1) is 0 Å². The standard InChI is InChI=1S/C16H24N4O/c1-11-16(12(2)18-17-11)6-7-19(4)10-15-8-14(13(3)21)9-20(15)5/h8-9H,6-7,10H2,1-5H3,(H,17,18). The zero-order valence-corrected chi connectivity index (χ0v) is 13.5. The highest BCUT2D eigenvalue weighted by Gasteiger charge is 2.11. The van der Waals surface area contributed by atoms with Crippen LogP contribution in [0, 0.1) is 13.8 Å². The molecule has 0 aliphatic heterocycles. The number of hydrogen-bond acceptors (Lipinski definition) is 3. The lowest BCUT2D eigenvalue weighted by atomic mass is 10.1. The summed E-state index contributed by atoms with van der Waals surface area (Å²) < 4.78 is 2.03. The molecule has 2 heterocycles. The smallest absolute Gasteiger partial charge is 0.161 e. The van der Waals surface area contributed by atoms with Crippen LogP contribution in [0.15, 0.2) is 12.3 Å². The Kier molecular flexibility index (Phi) is 4.63. The van der Waals surface area contributed by atoms with E-state index in [9.17, 15) is 4.79 Å². The maximum absolute atomic E-state index is 11.4. The van der Waals surface area contributed by atoms with Crippen molar-refractivity contribution < 1.29 is 4.79 Å². The molecule has 2 aromatic rings. The summed E-state index contributed by atoms with van der Waals surface area (Å²) in [5.74, 6) is 0.115. The van der Waals surface area contributed by atoms with E-state index in [1.807, 2.05) is 30.8 Å². The number of likely N-dealkylation sites (N-methyl/N-ethyl adjacent to an activating group) is 1. The van der Waals surface area contributed by atoms with Crippen LogP contribution < -0.4 is 0 Å². The maximum Gasteiger partial charge on any atom is 0.161 e. The fourth-order valence-corrected chi connectivity index (χ4v) is 2.56. The first-order valence-electron chi connectivity index (χ1n) is 7.23. The zero-order valence-electron chi connectivity index (χ0n) is 13.5. The van der Waals surface area contributed by atoms with E-state index in [0.717, 1.165) is 42.2 Å². The van der Waals surface area contributed by atoms with E-state index in [-0.39, 0.29) is 5.78 Å². The Morgan fingerprint density at radius 3 is 2.67 bits per heavy atom. The molecule has 114 valence electrons. The summed E-state index contributed by atoms with van der Waals surface area (Å²) in [5.41, 5.74) is 5.47. The lowest BCUT2D eigenvalue weighted by Gasteiger charge is -2.17. The van der Waals surface area contributed by atoms with E-state index in [0.29, 0.717) is 0 Å². The van der Waals surface area contributed by atoms with Crippen LogP contribution >= 0.6 is 0 Å². The van der Waals surface area contributed by atoms with Crippen LogP contribution in [-0.4, -0.2) is 39.0 Å². The molecular weight excluding hydrogens is 264 g/mol. The van der Waals surface area contributed by atoms with Crippen molar-refractivity contribution in [1.82, 2.24) is 19.7 Å². The fourth-order valence-electron chi connectivity index (χ4n) is 2.56. The number of Topliss-reactive ketones (excluding diaryl/α,β-unsaturated/α-hetero) is 1. The van der Waals surface area contributed by atoms with Gasteiger partial charge in [0, 0.05) is 43.3 Å². The molecule has 21 heavy (non-hydrogen) atoms. The van der Waals surface area contributed by atoms with Gasteiger partial charge in [-0.2, -0.15) is 5.10 Å². The molecular formula is C16H24N4O. The molecule has 5 heteroatoms. The Morgan fingerprint density at radius 2 is 2.14 bits per heavy atom. The topological polar surface area (TPSA) is 53.9 Å². The number of aromatic amines is 1. The van der Waals surface area contributed by atoms with E-state index in [1.165, 1.54) is 5.56 Å². The van der Waals surface area contributed by atoms with Gasteiger partial charge >= 0.3 is 0 Å². The average Bonchev–Trinajstić information content (AvgIpc) is 2.92. The molecule has 0 aromatic carbocycles. The lowest BCUT2D eigenvalue weighted by Crippen LogP contribution is -2.22. The second-order valence-corrected chi connectivity index (χ2v) is 5.79. The van der Waals surface area contributed by atoms with Crippen molar-refractivity contribution in [2.24, 2.45) is 7.05 Å². The van der Waals surface area contributed by atoms with Crippen molar-refractivity contribution >= 4 is 5.78 Å². The van der Waals surface area contributed by atoms with Crippen molar-refractivity contribution in [3.05, 3.63) is 40.5 Å². The first-order chi connectivity index (χ1) is 9.88. The molecule has 0 saturated heterocycles.